The van der Waals surface area contributed by atoms with Crippen LogP contribution in [-0.4, -0.2) is 116 Å². The van der Waals surface area contributed by atoms with Gasteiger partial charge in [-0.25, -0.2) is 14.4 Å². The number of methoxy groups -OCH3 is 1. The van der Waals surface area contributed by atoms with Gasteiger partial charge in [0.25, 0.3) is 5.91 Å². The van der Waals surface area contributed by atoms with E-state index in [1.807, 2.05) is 29.3 Å². The van der Waals surface area contributed by atoms with Gasteiger partial charge in [-0.05, 0) is 30.2 Å². The summed E-state index contributed by atoms with van der Waals surface area (Å²) in [7, 11) is 1.78. The van der Waals surface area contributed by atoms with Crippen molar-refractivity contribution in [2.45, 2.75) is 43.6 Å². The summed E-state index contributed by atoms with van der Waals surface area (Å²) in [4.78, 5) is 52.6. The molecule has 3 N–H and O–H groups in total. The Balaban J connectivity index is 0.000000430. The van der Waals surface area contributed by atoms with E-state index in [9.17, 15) is 44.3 Å². The van der Waals surface area contributed by atoms with Crippen molar-refractivity contribution in [2.75, 3.05) is 26.7 Å². The Labute approximate surface area is 259 Å². The Morgan fingerprint density at radius 1 is 0.830 bits per heavy atom. The molecule has 0 spiro atoms. The molecule has 2 aromatic heterocycles. The minimum atomic E-state index is -5.08. The molecular formula is C26H27F9N4O8. The highest BCUT2D eigenvalue weighted by molar-refractivity contribution is 5.92. The molecule has 3 atom stereocenters. The summed E-state index contributed by atoms with van der Waals surface area (Å²) in [5.41, 5.74) is 1.72. The average molecular weight is 695 g/mol. The molecule has 0 saturated carbocycles. The third-order valence-corrected chi connectivity index (χ3v) is 6.24. The zero-order valence-electron chi connectivity index (χ0n) is 24.0. The Morgan fingerprint density at radius 2 is 1.36 bits per heavy atom. The lowest BCUT2D eigenvalue weighted by Crippen LogP contribution is -2.53. The van der Waals surface area contributed by atoms with Crippen molar-refractivity contribution in [2.24, 2.45) is 5.92 Å². The Morgan fingerprint density at radius 3 is 1.77 bits per heavy atom. The lowest BCUT2D eigenvalue weighted by Gasteiger charge is -2.40. The summed E-state index contributed by atoms with van der Waals surface area (Å²) in [5, 5.41) is 21.4. The number of hydrogen-bond acceptors (Lipinski definition) is 8. The number of aliphatic carboxylic acids is 3. The van der Waals surface area contributed by atoms with Crippen LogP contribution in [0.1, 0.15) is 22.5 Å². The highest BCUT2D eigenvalue weighted by Crippen LogP contribution is 2.34. The van der Waals surface area contributed by atoms with Gasteiger partial charge in [0.05, 0.1) is 12.1 Å². The van der Waals surface area contributed by atoms with Crippen molar-refractivity contribution in [1.29, 1.82) is 0 Å². The molecule has 21 heteroatoms. The summed E-state index contributed by atoms with van der Waals surface area (Å²) in [5.74, 6) is -7.91. The molecule has 2 aliphatic rings. The Hall–Kier alpha value is -4.53. The molecule has 0 aromatic carbocycles. The number of carboxylic acids is 3. The summed E-state index contributed by atoms with van der Waals surface area (Å²) >= 11 is 0. The number of pyridine rings is 2. The molecule has 0 radical (unpaired) electrons. The second-order valence-electron chi connectivity index (χ2n) is 9.47. The van der Waals surface area contributed by atoms with Crippen LogP contribution in [0.3, 0.4) is 0 Å². The van der Waals surface area contributed by atoms with Crippen LogP contribution in [0.5, 0.6) is 0 Å². The molecular weight excluding hydrogens is 667 g/mol. The van der Waals surface area contributed by atoms with E-state index in [4.69, 9.17) is 34.4 Å². The molecule has 2 fully saturated rings. The number of ether oxygens (including phenoxy) is 1. The predicted octanol–water partition coefficient (Wildman–Crippen LogP) is 3.74. The van der Waals surface area contributed by atoms with Crippen LogP contribution in [0.25, 0.3) is 0 Å². The van der Waals surface area contributed by atoms with Gasteiger partial charge in [0, 0.05) is 57.8 Å². The van der Waals surface area contributed by atoms with E-state index in [0.717, 1.165) is 32.6 Å². The van der Waals surface area contributed by atoms with Gasteiger partial charge in [-0.3, -0.25) is 19.7 Å². The van der Waals surface area contributed by atoms with Crippen LogP contribution in [0.4, 0.5) is 39.5 Å². The molecule has 12 nitrogen and oxygen atoms in total. The van der Waals surface area contributed by atoms with E-state index in [-0.39, 0.29) is 18.1 Å². The number of aromatic nitrogens is 2. The first-order valence-corrected chi connectivity index (χ1v) is 12.9. The first kappa shape index (κ1) is 40.5. The molecule has 0 unspecified atom stereocenters. The molecule has 2 aromatic rings. The van der Waals surface area contributed by atoms with E-state index in [1.54, 1.807) is 25.6 Å². The normalized spacial score (nSPS) is 19.4. The van der Waals surface area contributed by atoms with E-state index in [0.29, 0.717) is 11.6 Å². The zero-order valence-corrected chi connectivity index (χ0v) is 24.0. The third-order valence-electron chi connectivity index (χ3n) is 6.24. The highest BCUT2D eigenvalue weighted by Gasteiger charge is 2.46. The maximum Gasteiger partial charge on any atom is 0.490 e. The molecule has 0 bridgehead atoms. The number of nitrogens with zero attached hydrogens (tertiary/aromatic N) is 4. The summed E-state index contributed by atoms with van der Waals surface area (Å²) in [6.45, 7) is 3.36. The van der Waals surface area contributed by atoms with Crippen LogP contribution in [0, 0.1) is 5.92 Å². The second-order valence-corrected chi connectivity index (χ2v) is 9.47. The average Bonchev–Trinajstić information content (AvgIpc) is 3.40. The van der Waals surface area contributed by atoms with Crippen molar-refractivity contribution in [1.82, 2.24) is 19.8 Å². The molecule has 0 aliphatic carbocycles. The number of fused-ring (bicyclic) bond motifs is 1. The molecule has 2 aliphatic heterocycles. The van der Waals surface area contributed by atoms with Crippen molar-refractivity contribution < 1.29 is 78.7 Å². The molecule has 2 saturated heterocycles. The largest absolute Gasteiger partial charge is 0.490 e. The van der Waals surface area contributed by atoms with Crippen LogP contribution < -0.4 is 0 Å². The van der Waals surface area contributed by atoms with E-state index in [1.165, 1.54) is 5.56 Å². The van der Waals surface area contributed by atoms with Gasteiger partial charge in [-0.15, -0.1) is 0 Å². The van der Waals surface area contributed by atoms with Gasteiger partial charge in [0.15, 0.2) is 0 Å². The van der Waals surface area contributed by atoms with Crippen LogP contribution in [-0.2, 0) is 25.7 Å². The molecule has 1 amide bonds. The zero-order chi connectivity index (χ0) is 36.2. The molecule has 262 valence electrons. The predicted molar refractivity (Wildman–Crippen MR) is 139 cm³/mol. The van der Waals surface area contributed by atoms with Gasteiger partial charge in [-0.2, -0.15) is 39.5 Å². The first-order valence-electron chi connectivity index (χ1n) is 12.9. The number of likely N-dealkylation sites (tertiary alicyclic amines) is 2. The fourth-order valence-electron chi connectivity index (χ4n) is 4.30. The van der Waals surface area contributed by atoms with E-state index >= 15 is 0 Å². The van der Waals surface area contributed by atoms with Crippen LogP contribution >= 0.6 is 0 Å². The minimum Gasteiger partial charge on any atom is -0.475 e. The van der Waals surface area contributed by atoms with Gasteiger partial charge < -0.3 is 25.0 Å². The number of rotatable bonds is 4. The Kier molecular flexibility index (Phi) is 15.0. The Bertz CT molecular complexity index is 1260. The number of piperidine rings is 1. The number of amides is 1. The number of carboxylic acid groups (broad SMARTS) is 3. The quantitative estimate of drug-likeness (QED) is 0.399. The monoisotopic (exact) mass is 694 g/mol. The van der Waals surface area contributed by atoms with Gasteiger partial charge in [0.1, 0.15) is 5.69 Å². The van der Waals surface area contributed by atoms with Gasteiger partial charge in [-0.1, -0.05) is 12.1 Å². The SMILES string of the molecule is CO[C@H]1CCN(C(=O)c2ccccn2)[C@@H]2CN(Cc3cccnc3)C[C@H]12.O=C(O)C(F)(F)F.O=C(O)C(F)(F)F.O=C(O)C(F)(F)F. The third kappa shape index (κ3) is 13.8. The number of carbonyl (C=O) groups is 4. The standard InChI is InChI=1S/C20H24N4O2.3C2HF3O2/c1-26-19-7-10-24(20(25)17-6-2-3-9-22-17)18-14-23(13-16(18)19)12-15-5-4-8-21-11-15;3*3-2(4,5)1(6)7/h2-6,8-9,11,16,18-19H,7,10,12-14H2,1H3;3*(H,6,7)/t16-,18+,19-;;;/m0.../s1. The first-order chi connectivity index (χ1) is 21.6. The maximum atomic E-state index is 13.0. The fourth-order valence-corrected chi connectivity index (χ4v) is 4.30. The van der Waals surface area contributed by atoms with E-state index in [2.05, 4.69) is 20.9 Å². The van der Waals surface area contributed by atoms with Gasteiger partial charge in [0.2, 0.25) is 0 Å². The van der Waals surface area contributed by atoms with Crippen molar-refractivity contribution in [3.05, 3.63) is 60.2 Å². The van der Waals surface area contributed by atoms with Crippen molar-refractivity contribution in [3.8, 4) is 0 Å². The van der Waals surface area contributed by atoms with E-state index < -0.39 is 36.4 Å². The number of halogens is 9. The topological polar surface area (TPSA) is 170 Å². The smallest absolute Gasteiger partial charge is 0.475 e. The summed E-state index contributed by atoms with van der Waals surface area (Å²) in [6, 6.07) is 9.72. The fraction of sp³-hybridized carbons (Fsp3) is 0.462. The number of carbonyl (C=O) groups excluding carboxylic acids is 1. The number of alkyl halides is 9. The highest BCUT2D eigenvalue weighted by atomic mass is 19.4. The van der Waals surface area contributed by atoms with Crippen molar-refractivity contribution >= 4 is 23.8 Å². The molecule has 4 heterocycles. The van der Waals surface area contributed by atoms with Crippen LogP contribution in [0.2, 0.25) is 0 Å². The molecule has 47 heavy (non-hydrogen) atoms. The summed E-state index contributed by atoms with van der Waals surface area (Å²) < 4.78 is 101. The lowest BCUT2D eigenvalue weighted by molar-refractivity contribution is -0.193. The van der Waals surface area contributed by atoms with Crippen LogP contribution in [0.15, 0.2) is 48.9 Å². The minimum absolute atomic E-state index is 0.0263. The lowest BCUT2D eigenvalue weighted by atomic mass is 9.88. The second kappa shape index (κ2) is 17.4. The molecule has 4 rings (SSSR count). The maximum absolute atomic E-state index is 13.0. The van der Waals surface area contributed by atoms with Crippen molar-refractivity contribution in [3.63, 3.8) is 0 Å². The van der Waals surface area contributed by atoms with Gasteiger partial charge >= 0.3 is 36.4 Å². The summed E-state index contributed by atoms with van der Waals surface area (Å²) in [6.07, 6.45) is -8.80. The number of hydrogen-bond donors (Lipinski definition) is 3.